The zero-order chi connectivity index (χ0) is 15.8. The lowest BCUT2D eigenvalue weighted by molar-refractivity contribution is 0.174. The first-order valence-corrected chi connectivity index (χ1v) is 7.65. The molecule has 0 radical (unpaired) electrons. The van der Waals surface area contributed by atoms with Crippen LogP contribution in [-0.4, -0.2) is 16.8 Å². The third-order valence-corrected chi connectivity index (χ3v) is 3.97. The van der Waals surface area contributed by atoms with Crippen LogP contribution in [-0.2, 0) is 0 Å². The molecule has 4 rings (SSSR count). The van der Waals surface area contributed by atoms with E-state index in [1.54, 1.807) is 18.2 Å². The molecule has 0 amide bonds. The Hall–Kier alpha value is -2.30. The van der Waals surface area contributed by atoms with Gasteiger partial charge in [-0.15, -0.1) is 0 Å². The maximum absolute atomic E-state index is 6.21. The Morgan fingerprint density at radius 3 is 2.70 bits per heavy atom. The molecular formula is C17H10Cl2N2O2. The topological polar surface area (TPSA) is 44.2 Å². The summed E-state index contributed by atoms with van der Waals surface area (Å²) in [5.74, 6) is 2.02. The summed E-state index contributed by atoms with van der Waals surface area (Å²) in [4.78, 5) is 8.75. The Morgan fingerprint density at radius 2 is 1.78 bits per heavy atom. The molecule has 0 unspecified atom stereocenters. The normalized spacial score (nSPS) is 13.1. The van der Waals surface area contributed by atoms with Gasteiger partial charge in [0.2, 0.25) is 6.79 Å². The minimum atomic E-state index is 0.258. The maximum Gasteiger partial charge on any atom is 0.231 e. The zero-order valence-electron chi connectivity index (χ0n) is 11.8. The number of rotatable bonds is 2. The molecule has 6 heteroatoms. The molecule has 0 atom stereocenters. The van der Waals surface area contributed by atoms with Gasteiger partial charge in [0.15, 0.2) is 17.3 Å². The monoisotopic (exact) mass is 344 g/mol. The summed E-state index contributed by atoms with van der Waals surface area (Å²) in [6, 6.07) is 11.1. The second-order valence-electron chi connectivity index (χ2n) is 4.98. The average molecular weight is 345 g/mol. The zero-order valence-corrected chi connectivity index (χ0v) is 13.3. The number of hydrogen-bond acceptors (Lipinski definition) is 4. The van der Waals surface area contributed by atoms with Crippen molar-refractivity contribution in [3.05, 3.63) is 58.0 Å². The van der Waals surface area contributed by atoms with Crippen LogP contribution in [0.2, 0.25) is 10.2 Å². The second kappa shape index (κ2) is 5.72. The summed E-state index contributed by atoms with van der Waals surface area (Å²) in [5, 5.41) is 1.72. The van der Waals surface area contributed by atoms with Crippen molar-refractivity contribution in [2.45, 2.75) is 0 Å². The van der Waals surface area contributed by atoms with Gasteiger partial charge in [0, 0.05) is 10.4 Å². The first kappa shape index (κ1) is 14.3. The van der Waals surface area contributed by atoms with Crippen LogP contribution >= 0.6 is 23.2 Å². The van der Waals surface area contributed by atoms with Gasteiger partial charge in [-0.25, -0.2) is 9.97 Å². The molecule has 0 spiro atoms. The van der Waals surface area contributed by atoms with Crippen molar-refractivity contribution in [3.8, 4) is 11.5 Å². The van der Waals surface area contributed by atoms with Crippen molar-refractivity contribution in [1.29, 1.82) is 0 Å². The van der Waals surface area contributed by atoms with Crippen LogP contribution in [0, 0.1) is 0 Å². The van der Waals surface area contributed by atoms with Crippen molar-refractivity contribution < 1.29 is 9.47 Å². The van der Waals surface area contributed by atoms with E-state index in [1.807, 2.05) is 30.3 Å². The SMILES string of the molecule is Clc1ccc2nc(C=Cc3ccc4c(c3)OCO4)nc(Cl)c2c1. The van der Waals surface area contributed by atoms with Gasteiger partial charge < -0.3 is 9.47 Å². The van der Waals surface area contributed by atoms with Crippen LogP contribution in [0.15, 0.2) is 36.4 Å². The molecule has 0 fully saturated rings. The van der Waals surface area contributed by atoms with Crippen LogP contribution in [0.1, 0.15) is 11.4 Å². The quantitative estimate of drug-likeness (QED) is 0.624. The molecule has 0 aliphatic carbocycles. The predicted molar refractivity (Wildman–Crippen MR) is 91.1 cm³/mol. The minimum absolute atomic E-state index is 0.258. The number of aromatic nitrogens is 2. The van der Waals surface area contributed by atoms with Gasteiger partial charge in [-0.2, -0.15) is 0 Å². The molecule has 0 saturated carbocycles. The van der Waals surface area contributed by atoms with E-state index in [2.05, 4.69) is 9.97 Å². The molecule has 0 saturated heterocycles. The van der Waals surface area contributed by atoms with E-state index < -0.39 is 0 Å². The van der Waals surface area contributed by atoms with Crippen LogP contribution < -0.4 is 9.47 Å². The van der Waals surface area contributed by atoms with Crippen molar-refractivity contribution in [2.24, 2.45) is 0 Å². The molecule has 1 aliphatic rings. The lowest BCUT2D eigenvalue weighted by Gasteiger charge is -2.02. The first-order valence-electron chi connectivity index (χ1n) is 6.89. The van der Waals surface area contributed by atoms with Crippen molar-refractivity contribution in [1.82, 2.24) is 9.97 Å². The first-order chi connectivity index (χ1) is 11.2. The molecule has 114 valence electrons. The minimum Gasteiger partial charge on any atom is -0.454 e. The highest BCUT2D eigenvalue weighted by Gasteiger charge is 2.12. The average Bonchev–Trinajstić information content (AvgIpc) is 3.01. The fourth-order valence-corrected chi connectivity index (χ4v) is 2.75. The number of halogens is 2. The van der Waals surface area contributed by atoms with E-state index in [0.29, 0.717) is 16.0 Å². The molecule has 1 aliphatic heterocycles. The summed E-state index contributed by atoms with van der Waals surface area (Å²) in [7, 11) is 0. The highest BCUT2D eigenvalue weighted by atomic mass is 35.5. The molecule has 0 bridgehead atoms. The van der Waals surface area contributed by atoms with Gasteiger partial charge in [-0.05, 0) is 42.0 Å². The summed E-state index contributed by atoms with van der Waals surface area (Å²) in [5.41, 5.74) is 1.71. The van der Waals surface area contributed by atoms with Crippen LogP contribution in [0.25, 0.3) is 23.1 Å². The van der Waals surface area contributed by atoms with E-state index in [-0.39, 0.29) is 6.79 Å². The fraction of sp³-hybridized carbons (Fsp3) is 0.0588. The largest absolute Gasteiger partial charge is 0.454 e. The van der Waals surface area contributed by atoms with E-state index in [4.69, 9.17) is 32.7 Å². The van der Waals surface area contributed by atoms with Gasteiger partial charge in [0.05, 0.1) is 5.52 Å². The Bertz CT molecular complexity index is 941. The molecule has 0 N–H and O–H groups in total. The predicted octanol–water partition coefficient (Wildman–Crippen LogP) is 4.84. The van der Waals surface area contributed by atoms with Crippen LogP contribution in [0.5, 0.6) is 11.5 Å². The summed E-state index contributed by atoms with van der Waals surface area (Å²) >= 11 is 12.2. The molecule has 4 nitrogen and oxygen atoms in total. The maximum atomic E-state index is 6.21. The standard InChI is InChI=1S/C17H10Cl2N2O2/c18-11-3-4-13-12(8-11)17(19)21-16(20-13)6-2-10-1-5-14-15(7-10)23-9-22-14/h1-8H,9H2. The van der Waals surface area contributed by atoms with Gasteiger partial charge in [0.1, 0.15) is 5.15 Å². The van der Waals surface area contributed by atoms with E-state index in [9.17, 15) is 0 Å². The second-order valence-corrected chi connectivity index (χ2v) is 5.77. The molecule has 1 aromatic heterocycles. The van der Waals surface area contributed by atoms with Gasteiger partial charge >= 0.3 is 0 Å². The third kappa shape index (κ3) is 2.83. The lowest BCUT2D eigenvalue weighted by atomic mass is 10.2. The molecule has 2 heterocycles. The van der Waals surface area contributed by atoms with Crippen molar-refractivity contribution in [3.63, 3.8) is 0 Å². The molecule has 3 aromatic rings. The number of hydrogen-bond donors (Lipinski definition) is 0. The molecule has 23 heavy (non-hydrogen) atoms. The van der Waals surface area contributed by atoms with E-state index in [1.165, 1.54) is 0 Å². The summed E-state index contributed by atoms with van der Waals surface area (Å²) in [6.07, 6.45) is 3.70. The van der Waals surface area contributed by atoms with Gasteiger partial charge in [-0.3, -0.25) is 0 Å². The Kier molecular flexibility index (Phi) is 3.56. The number of nitrogens with zero attached hydrogens (tertiary/aromatic N) is 2. The highest BCUT2D eigenvalue weighted by Crippen LogP contribution is 2.33. The number of ether oxygens (including phenoxy) is 2. The fourth-order valence-electron chi connectivity index (χ4n) is 2.34. The van der Waals surface area contributed by atoms with Gasteiger partial charge in [0.25, 0.3) is 0 Å². The van der Waals surface area contributed by atoms with Crippen molar-refractivity contribution >= 4 is 46.3 Å². The summed E-state index contributed by atoms with van der Waals surface area (Å²) in [6.45, 7) is 0.258. The van der Waals surface area contributed by atoms with Crippen LogP contribution in [0.4, 0.5) is 0 Å². The smallest absolute Gasteiger partial charge is 0.231 e. The molecule has 2 aromatic carbocycles. The summed E-state index contributed by atoms with van der Waals surface area (Å²) < 4.78 is 10.6. The Balaban J connectivity index is 1.68. The number of fused-ring (bicyclic) bond motifs is 2. The molecular weight excluding hydrogens is 335 g/mol. The van der Waals surface area contributed by atoms with E-state index in [0.717, 1.165) is 28.0 Å². The lowest BCUT2D eigenvalue weighted by Crippen LogP contribution is -1.92. The highest BCUT2D eigenvalue weighted by molar-refractivity contribution is 6.35. The Labute approximate surface area is 142 Å². The van der Waals surface area contributed by atoms with Gasteiger partial charge in [-0.1, -0.05) is 35.3 Å². The number of benzene rings is 2. The van der Waals surface area contributed by atoms with Crippen molar-refractivity contribution in [2.75, 3.05) is 6.79 Å². The van der Waals surface area contributed by atoms with Crippen LogP contribution in [0.3, 0.4) is 0 Å². The Morgan fingerprint density at radius 1 is 0.913 bits per heavy atom. The van der Waals surface area contributed by atoms with E-state index >= 15 is 0 Å². The third-order valence-electron chi connectivity index (χ3n) is 3.45.